The third-order valence-corrected chi connectivity index (χ3v) is 4.71. The van der Waals surface area contributed by atoms with E-state index in [1.807, 2.05) is 18.7 Å². The maximum absolute atomic E-state index is 12.5. The Bertz CT molecular complexity index is 682. The van der Waals surface area contributed by atoms with Crippen molar-refractivity contribution >= 4 is 21.7 Å². The molecule has 1 heterocycles. The lowest BCUT2D eigenvalue weighted by Crippen LogP contribution is -2.37. The van der Waals surface area contributed by atoms with E-state index >= 15 is 0 Å². The number of hydrogen-bond donors (Lipinski definition) is 1. The van der Waals surface area contributed by atoms with E-state index in [1.54, 1.807) is 6.07 Å². The number of hydrogen-bond acceptors (Lipinski definition) is 6. The zero-order valence-corrected chi connectivity index (χ0v) is 14.8. The molecule has 1 aromatic carbocycles. The molecule has 0 aromatic heterocycles. The second-order valence-electron chi connectivity index (χ2n) is 6.14. The molecule has 0 bridgehead atoms. The van der Waals surface area contributed by atoms with Gasteiger partial charge in [-0.15, -0.1) is 0 Å². The maximum Gasteiger partial charge on any atom is 0.340 e. The Morgan fingerprint density at radius 3 is 2.58 bits per heavy atom. The zero-order valence-electron chi connectivity index (χ0n) is 14.0. The Morgan fingerprint density at radius 1 is 1.33 bits per heavy atom. The minimum atomic E-state index is -3.89. The van der Waals surface area contributed by atoms with Gasteiger partial charge in [0.1, 0.15) is 0 Å². The summed E-state index contributed by atoms with van der Waals surface area (Å²) in [6.45, 7) is 6.72. The van der Waals surface area contributed by atoms with Gasteiger partial charge in [-0.05, 0) is 30.5 Å². The van der Waals surface area contributed by atoms with Crippen LogP contribution in [0, 0.1) is 5.92 Å². The van der Waals surface area contributed by atoms with Gasteiger partial charge in [-0.25, -0.2) is 18.4 Å². The largest absolute Gasteiger partial charge is 0.462 e. The highest BCUT2D eigenvalue weighted by Gasteiger charge is 2.22. The zero-order chi connectivity index (χ0) is 17.7. The van der Waals surface area contributed by atoms with Crippen LogP contribution in [0.1, 0.15) is 30.6 Å². The van der Waals surface area contributed by atoms with Gasteiger partial charge in [0.05, 0.1) is 36.0 Å². The number of carbonyl (C=O) groups excluding carboxylic acids is 1. The SMILES string of the molecule is CC(C)CCOC(=O)c1cc(S(N)(=O)=O)ccc1N1CCOCC1. The van der Waals surface area contributed by atoms with Gasteiger partial charge in [-0.3, -0.25) is 0 Å². The molecule has 0 unspecified atom stereocenters. The van der Waals surface area contributed by atoms with Crippen LogP contribution in [0.5, 0.6) is 0 Å². The molecule has 0 atom stereocenters. The number of benzene rings is 1. The molecule has 1 aliphatic heterocycles. The fourth-order valence-corrected chi connectivity index (χ4v) is 2.94. The van der Waals surface area contributed by atoms with E-state index in [0.717, 1.165) is 6.42 Å². The summed E-state index contributed by atoms with van der Waals surface area (Å²) < 4.78 is 33.8. The van der Waals surface area contributed by atoms with E-state index in [4.69, 9.17) is 14.6 Å². The number of anilines is 1. The van der Waals surface area contributed by atoms with E-state index in [9.17, 15) is 13.2 Å². The number of esters is 1. The number of nitrogens with zero attached hydrogens (tertiary/aromatic N) is 1. The first-order chi connectivity index (χ1) is 11.3. The van der Waals surface area contributed by atoms with Crippen molar-refractivity contribution in [3.8, 4) is 0 Å². The van der Waals surface area contributed by atoms with Gasteiger partial charge in [-0.1, -0.05) is 13.8 Å². The van der Waals surface area contributed by atoms with E-state index < -0.39 is 16.0 Å². The lowest BCUT2D eigenvalue weighted by atomic mass is 10.1. The first-order valence-corrected chi connectivity index (χ1v) is 9.50. The molecule has 1 aromatic rings. The van der Waals surface area contributed by atoms with E-state index in [1.165, 1.54) is 12.1 Å². The maximum atomic E-state index is 12.5. The number of morpholine rings is 1. The molecule has 0 spiro atoms. The van der Waals surface area contributed by atoms with Crippen LogP contribution in [-0.4, -0.2) is 47.3 Å². The van der Waals surface area contributed by atoms with Crippen LogP contribution >= 0.6 is 0 Å². The minimum absolute atomic E-state index is 0.102. The summed E-state index contributed by atoms with van der Waals surface area (Å²) in [4.78, 5) is 14.3. The highest BCUT2D eigenvalue weighted by molar-refractivity contribution is 7.89. The molecule has 24 heavy (non-hydrogen) atoms. The van der Waals surface area contributed by atoms with Gasteiger partial charge in [0, 0.05) is 13.1 Å². The molecule has 2 rings (SSSR count). The first-order valence-electron chi connectivity index (χ1n) is 7.95. The van der Waals surface area contributed by atoms with Crippen molar-refractivity contribution < 1.29 is 22.7 Å². The van der Waals surface area contributed by atoms with Gasteiger partial charge >= 0.3 is 5.97 Å². The lowest BCUT2D eigenvalue weighted by Gasteiger charge is -2.30. The number of primary sulfonamides is 1. The molecule has 1 fully saturated rings. The Balaban J connectivity index is 2.30. The van der Waals surface area contributed by atoms with Crippen molar-refractivity contribution in [2.45, 2.75) is 25.2 Å². The molecular formula is C16H24N2O5S. The van der Waals surface area contributed by atoms with Gasteiger partial charge in [0.25, 0.3) is 0 Å². The Morgan fingerprint density at radius 2 is 2.00 bits per heavy atom. The molecular weight excluding hydrogens is 332 g/mol. The topological polar surface area (TPSA) is 98.9 Å². The van der Waals surface area contributed by atoms with Crippen LogP contribution in [0.25, 0.3) is 0 Å². The van der Waals surface area contributed by atoms with Gasteiger partial charge in [0.2, 0.25) is 10.0 Å². The predicted molar refractivity (Wildman–Crippen MR) is 90.6 cm³/mol. The highest BCUT2D eigenvalue weighted by Crippen LogP contribution is 2.25. The smallest absolute Gasteiger partial charge is 0.340 e. The van der Waals surface area contributed by atoms with Crippen molar-refractivity contribution in [2.75, 3.05) is 37.8 Å². The van der Waals surface area contributed by atoms with Crippen LogP contribution in [0.2, 0.25) is 0 Å². The molecule has 134 valence electrons. The van der Waals surface area contributed by atoms with Crippen molar-refractivity contribution in [3.05, 3.63) is 23.8 Å². The van der Waals surface area contributed by atoms with E-state index in [0.29, 0.717) is 44.5 Å². The fourth-order valence-electron chi connectivity index (χ4n) is 2.40. The number of carbonyl (C=O) groups is 1. The third-order valence-electron chi connectivity index (χ3n) is 3.80. The molecule has 1 aliphatic rings. The Kier molecular flexibility index (Phi) is 6.20. The Hall–Kier alpha value is -1.64. The summed E-state index contributed by atoms with van der Waals surface area (Å²) in [7, 11) is -3.89. The van der Waals surface area contributed by atoms with Crippen molar-refractivity contribution in [2.24, 2.45) is 11.1 Å². The summed E-state index contributed by atoms with van der Waals surface area (Å²) in [6, 6.07) is 4.30. The van der Waals surface area contributed by atoms with Gasteiger partial charge < -0.3 is 14.4 Å². The molecule has 1 saturated heterocycles. The fraction of sp³-hybridized carbons (Fsp3) is 0.562. The Labute approximate surface area is 142 Å². The second-order valence-corrected chi connectivity index (χ2v) is 7.70. The molecule has 0 aliphatic carbocycles. The standard InChI is InChI=1S/C16H24N2O5S/c1-12(2)5-8-23-16(19)14-11-13(24(17,20)21)3-4-15(14)18-6-9-22-10-7-18/h3-4,11-12H,5-10H2,1-2H3,(H2,17,20,21). The quantitative estimate of drug-likeness (QED) is 0.773. The van der Waals surface area contributed by atoms with Crippen LogP contribution in [0.4, 0.5) is 5.69 Å². The van der Waals surface area contributed by atoms with E-state index in [-0.39, 0.29) is 10.5 Å². The van der Waals surface area contributed by atoms with Gasteiger partial charge in [0.15, 0.2) is 0 Å². The van der Waals surface area contributed by atoms with E-state index in [2.05, 4.69) is 0 Å². The number of ether oxygens (including phenoxy) is 2. The van der Waals surface area contributed by atoms with Gasteiger partial charge in [-0.2, -0.15) is 0 Å². The molecule has 0 amide bonds. The van der Waals surface area contributed by atoms with Crippen LogP contribution in [0.15, 0.2) is 23.1 Å². The van der Waals surface area contributed by atoms with Crippen molar-refractivity contribution in [1.82, 2.24) is 0 Å². The molecule has 8 heteroatoms. The summed E-state index contributed by atoms with van der Waals surface area (Å²) in [5.74, 6) is -0.130. The average Bonchev–Trinajstić information content (AvgIpc) is 2.54. The number of nitrogens with two attached hydrogens (primary N) is 1. The number of sulfonamides is 1. The van der Waals surface area contributed by atoms with Crippen molar-refractivity contribution in [1.29, 1.82) is 0 Å². The first kappa shape index (κ1) is 18.7. The number of rotatable bonds is 6. The van der Waals surface area contributed by atoms with Crippen LogP contribution in [0.3, 0.4) is 0 Å². The summed E-state index contributed by atoms with van der Waals surface area (Å²) >= 11 is 0. The minimum Gasteiger partial charge on any atom is -0.462 e. The predicted octanol–water partition coefficient (Wildman–Crippen LogP) is 1.37. The third kappa shape index (κ3) is 4.93. The highest BCUT2D eigenvalue weighted by atomic mass is 32.2. The van der Waals surface area contributed by atoms with Crippen LogP contribution in [-0.2, 0) is 19.5 Å². The monoisotopic (exact) mass is 356 g/mol. The molecule has 7 nitrogen and oxygen atoms in total. The summed E-state index contributed by atoms with van der Waals surface area (Å²) in [5, 5.41) is 5.18. The molecule has 2 N–H and O–H groups in total. The van der Waals surface area contributed by atoms with Crippen molar-refractivity contribution in [3.63, 3.8) is 0 Å². The van der Waals surface area contributed by atoms with Crippen LogP contribution < -0.4 is 10.0 Å². The lowest BCUT2D eigenvalue weighted by molar-refractivity contribution is 0.0487. The summed E-state index contributed by atoms with van der Waals surface area (Å²) in [5.41, 5.74) is 0.854. The molecule has 0 saturated carbocycles. The normalized spacial score (nSPS) is 15.6. The molecule has 0 radical (unpaired) electrons. The second kappa shape index (κ2) is 7.96. The summed E-state index contributed by atoms with van der Waals surface area (Å²) in [6.07, 6.45) is 0.744. The average molecular weight is 356 g/mol.